The fraction of sp³-hybridized carbons (Fsp3) is 0.393. The molecule has 0 bridgehead atoms. The Kier molecular flexibility index (Phi) is 9.87. The molecule has 0 radical (unpaired) electrons. The van der Waals surface area contributed by atoms with Gasteiger partial charge in [0.1, 0.15) is 17.7 Å². The van der Waals surface area contributed by atoms with E-state index in [2.05, 4.69) is 15.1 Å². The maximum Gasteiger partial charge on any atom is 0.346 e. The Balaban J connectivity index is 1.72. The largest absolute Gasteiger partial charge is 0.497 e. The molecule has 0 N–H and O–H groups in total. The lowest BCUT2D eigenvalue weighted by Gasteiger charge is -2.19. The molecule has 0 atom stereocenters. The van der Waals surface area contributed by atoms with Crippen LogP contribution in [0.4, 0.5) is 5.69 Å². The SMILES string of the molecule is CCN(CCOC)CCn1nc(-c2nn(Cc3ccc(OC)cc3)cc2[N+](=O)[O-])n(Cc2ccc(OC)cc2)c1=O. The van der Waals surface area contributed by atoms with E-state index in [1.54, 1.807) is 33.5 Å². The van der Waals surface area contributed by atoms with Gasteiger partial charge in [0.2, 0.25) is 5.69 Å². The zero-order valence-corrected chi connectivity index (χ0v) is 23.7. The second kappa shape index (κ2) is 13.7. The van der Waals surface area contributed by atoms with E-state index in [-0.39, 0.29) is 29.4 Å². The fourth-order valence-corrected chi connectivity index (χ4v) is 4.41. The number of hydrogen-bond acceptors (Lipinski definition) is 9. The van der Waals surface area contributed by atoms with Crippen LogP contribution in [0.2, 0.25) is 0 Å². The molecule has 13 nitrogen and oxygen atoms in total. The molecule has 4 aromatic rings. The minimum absolute atomic E-state index is 0.0274. The molecule has 41 heavy (non-hydrogen) atoms. The first kappa shape index (κ1) is 29.5. The van der Waals surface area contributed by atoms with Gasteiger partial charge in [-0.15, -0.1) is 5.10 Å². The van der Waals surface area contributed by atoms with Crippen molar-refractivity contribution in [3.05, 3.63) is 86.5 Å². The summed E-state index contributed by atoms with van der Waals surface area (Å²) >= 11 is 0. The third-order valence-electron chi connectivity index (χ3n) is 6.76. The number of nitrogens with zero attached hydrogens (tertiary/aromatic N) is 7. The molecule has 2 aromatic carbocycles. The normalized spacial score (nSPS) is 11.2. The number of rotatable bonds is 15. The van der Waals surface area contributed by atoms with Gasteiger partial charge in [-0.25, -0.2) is 9.48 Å². The highest BCUT2D eigenvalue weighted by Crippen LogP contribution is 2.27. The smallest absolute Gasteiger partial charge is 0.346 e. The quantitative estimate of drug-likeness (QED) is 0.158. The molecular weight excluding hydrogens is 530 g/mol. The van der Waals surface area contributed by atoms with Gasteiger partial charge in [-0.05, 0) is 41.9 Å². The van der Waals surface area contributed by atoms with Gasteiger partial charge in [-0.2, -0.15) is 5.10 Å². The molecule has 0 spiro atoms. The van der Waals surface area contributed by atoms with E-state index in [9.17, 15) is 14.9 Å². The Bertz CT molecular complexity index is 1490. The molecule has 218 valence electrons. The second-order valence-electron chi connectivity index (χ2n) is 9.36. The van der Waals surface area contributed by atoms with E-state index in [1.807, 2.05) is 43.3 Å². The van der Waals surface area contributed by atoms with Gasteiger partial charge in [0.05, 0.1) is 45.4 Å². The van der Waals surface area contributed by atoms with E-state index in [0.717, 1.165) is 17.7 Å². The molecule has 4 rings (SSSR count). The van der Waals surface area contributed by atoms with Crippen LogP contribution in [-0.2, 0) is 24.4 Å². The first-order valence-corrected chi connectivity index (χ1v) is 13.2. The van der Waals surface area contributed by atoms with Gasteiger partial charge in [0, 0.05) is 20.2 Å². The van der Waals surface area contributed by atoms with Crippen LogP contribution in [0, 0.1) is 10.1 Å². The lowest BCUT2D eigenvalue weighted by atomic mass is 10.2. The molecule has 0 aliphatic heterocycles. The maximum absolute atomic E-state index is 13.6. The maximum atomic E-state index is 13.6. The minimum Gasteiger partial charge on any atom is -0.497 e. The average molecular weight is 566 g/mol. The number of aromatic nitrogens is 5. The highest BCUT2D eigenvalue weighted by Gasteiger charge is 2.28. The molecule has 0 saturated carbocycles. The summed E-state index contributed by atoms with van der Waals surface area (Å²) in [6.07, 6.45) is 1.37. The van der Waals surface area contributed by atoms with Crippen LogP contribution in [-0.4, -0.2) is 81.5 Å². The van der Waals surface area contributed by atoms with Gasteiger partial charge < -0.3 is 14.2 Å². The monoisotopic (exact) mass is 565 g/mol. The topological polar surface area (TPSA) is 132 Å². The lowest BCUT2D eigenvalue weighted by Crippen LogP contribution is -2.34. The molecule has 0 fully saturated rings. The third-order valence-corrected chi connectivity index (χ3v) is 6.76. The molecular formula is C28H35N7O6. The summed E-state index contributed by atoms with van der Waals surface area (Å²) in [5.41, 5.74) is 1.11. The van der Waals surface area contributed by atoms with Crippen molar-refractivity contribution in [1.29, 1.82) is 0 Å². The summed E-state index contributed by atoms with van der Waals surface area (Å²) < 4.78 is 19.9. The predicted octanol–water partition coefficient (Wildman–Crippen LogP) is 2.90. The van der Waals surface area contributed by atoms with Crippen molar-refractivity contribution in [2.75, 3.05) is 47.6 Å². The molecule has 13 heteroatoms. The van der Waals surface area contributed by atoms with Crippen molar-refractivity contribution >= 4 is 5.69 Å². The van der Waals surface area contributed by atoms with E-state index >= 15 is 0 Å². The van der Waals surface area contributed by atoms with Crippen LogP contribution < -0.4 is 15.2 Å². The standard InChI is InChI=1S/C28H35N7O6/c1-5-31(16-17-39-2)14-15-34-28(36)33(19-22-8-12-24(41-4)13-9-22)27(30-34)26-25(35(37)38)20-32(29-26)18-21-6-10-23(40-3)11-7-21/h6-13,20H,5,14-19H2,1-4H3. The molecule has 0 aliphatic rings. The van der Waals surface area contributed by atoms with E-state index in [1.165, 1.54) is 20.1 Å². The summed E-state index contributed by atoms with van der Waals surface area (Å²) in [6.45, 7) is 5.40. The van der Waals surface area contributed by atoms with Crippen LogP contribution in [0.5, 0.6) is 11.5 Å². The number of hydrogen-bond donors (Lipinski definition) is 0. The van der Waals surface area contributed by atoms with Crippen molar-refractivity contribution in [1.82, 2.24) is 29.0 Å². The number of methoxy groups -OCH3 is 3. The highest BCUT2D eigenvalue weighted by molar-refractivity contribution is 5.62. The second-order valence-corrected chi connectivity index (χ2v) is 9.36. The molecule has 2 aromatic heterocycles. The zero-order chi connectivity index (χ0) is 29.4. The van der Waals surface area contributed by atoms with Crippen LogP contribution in [0.15, 0.2) is 59.5 Å². The number of likely N-dealkylation sites (N-methyl/N-ethyl adjacent to an activating group) is 1. The Morgan fingerprint density at radius 1 is 0.902 bits per heavy atom. The Hall–Kier alpha value is -4.49. The summed E-state index contributed by atoms with van der Waals surface area (Å²) in [5.74, 6) is 1.52. The minimum atomic E-state index is -0.502. The number of nitro groups is 1. The Morgan fingerprint density at radius 3 is 2.05 bits per heavy atom. The first-order chi connectivity index (χ1) is 19.9. The first-order valence-electron chi connectivity index (χ1n) is 13.2. The number of ether oxygens (including phenoxy) is 3. The summed E-state index contributed by atoms with van der Waals surface area (Å²) in [5, 5.41) is 21.2. The summed E-state index contributed by atoms with van der Waals surface area (Å²) in [4.78, 5) is 27.4. The van der Waals surface area contributed by atoms with Crippen molar-refractivity contribution < 1.29 is 19.1 Å². The van der Waals surface area contributed by atoms with Gasteiger partial charge in [0.15, 0.2) is 5.82 Å². The van der Waals surface area contributed by atoms with E-state index in [0.29, 0.717) is 44.3 Å². The van der Waals surface area contributed by atoms with Gasteiger partial charge in [-0.3, -0.25) is 24.3 Å². The summed E-state index contributed by atoms with van der Waals surface area (Å²) in [6, 6.07) is 14.6. The molecule has 0 saturated heterocycles. The van der Waals surface area contributed by atoms with Crippen LogP contribution in [0.3, 0.4) is 0 Å². The van der Waals surface area contributed by atoms with E-state index in [4.69, 9.17) is 14.2 Å². The van der Waals surface area contributed by atoms with Gasteiger partial charge >= 0.3 is 11.4 Å². The van der Waals surface area contributed by atoms with Crippen molar-refractivity contribution in [3.8, 4) is 23.0 Å². The third kappa shape index (κ3) is 7.18. The molecule has 2 heterocycles. The van der Waals surface area contributed by atoms with Crippen LogP contribution >= 0.6 is 0 Å². The van der Waals surface area contributed by atoms with Crippen molar-refractivity contribution in [2.45, 2.75) is 26.6 Å². The van der Waals surface area contributed by atoms with Gasteiger partial charge in [0.25, 0.3) is 0 Å². The molecule has 0 aliphatic carbocycles. The zero-order valence-electron chi connectivity index (χ0n) is 23.7. The lowest BCUT2D eigenvalue weighted by molar-refractivity contribution is -0.384. The van der Waals surface area contributed by atoms with Gasteiger partial charge in [-0.1, -0.05) is 31.2 Å². The molecule has 0 amide bonds. The fourth-order valence-electron chi connectivity index (χ4n) is 4.41. The molecule has 0 unspecified atom stereocenters. The van der Waals surface area contributed by atoms with Crippen LogP contribution in [0.25, 0.3) is 11.5 Å². The predicted molar refractivity (Wildman–Crippen MR) is 153 cm³/mol. The van der Waals surface area contributed by atoms with E-state index < -0.39 is 4.92 Å². The summed E-state index contributed by atoms with van der Waals surface area (Å²) in [7, 11) is 4.81. The van der Waals surface area contributed by atoms with Crippen LogP contribution in [0.1, 0.15) is 18.1 Å². The van der Waals surface area contributed by atoms with Crippen molar-refractivity contribution in [2.24, 2.45) is 0 Å². The number of benzene rings is 2. The highest BCUT2D eigenvalue weighted by atomic mass is 16.6. The van der Waals surface area contributed by atoms with Crippen molar-refractivity contribution in [3.63, 3.8) is 0 Å². The Labute approximate surface area is 237 Å². The Morgan fingerprint density at radius 2 is 1.51 bits per heavy atom. The average Bonchev–Trinajstić information content (AvgIpc) is 3.54.